The number of fused-ring (bicyclic) bond motifs is 1. The molecule has 0 aliphatic carbocycles. The number of benzene rings is 1. The van der Waals surface area contributed by atoms with E-state index in [1.165, 1.54) is 11.1 Å². The van der Waals surface area contributed by atoms with Crippen LogP contribution in [0.2, 0.25) is 0 Å². The molecule has 166 valence electrons. The lowest BCUT2D eigenvalue weighted by Crippen LogP contribution is -2.30. The molecule has 0 fully saturated rings. The lowest BCUT2D eigenvalue weighted by Gasteiger charge is -2.09. The van der Waals surface area contributed by atoms with E-state index >= 15 is 0 Å². The molecular weight excluding hydrogens is 404 g/mol. The van der Waals surface area contributed by atoms with Crippen LogP contribution in [0.3, 0.4) is 0 Å². The highest BCUT2D eigenvalue weighted by molar-refractivity contribution is 5.94. The number of furan rings is 1. The van der Waals surface area contributed by atoms with Crippen LogP contribution in [0, 0.1) is 27.7 Å². The molecule has 0 aliphatic rings. The number of nitrogens with zero attached hydrogens (tertiary/aromatic N) is 3. The Morgan fingerprint density at radius 3 is 2.62 bits per heavy atom. The topological polar surface area (TPSA) is 82.2 Å². The molecule has 0 saturated heterocycles. The van der Waals surface area contributed by atoms with Crippen molar-refractivity contribution in [2.75, 3.05) is 13.2 Å². The molecule has 0 atom stereocenters. The average molecular weight is 433 g/mol. The van der Waals surface area contributed by atoms with Crippen LogP contribution in [0.5, 0.6) is 5.88 Å². The van der Waals surface area contributed by atoms with Crippen LogP contribution in [-0.2, 0) is 18.3 Å². The number of carbonyl (C=O) groups excluding carboxylic acids is 1. The molecule has 0 bridgehead atoms. The predicted octanol–water partition coefficient (Wildman–Crippen LogP) is 4.20. The van der Waals surface area contributed by atoms with Gasteiger partial charge in [0, 0.05) is 25.2 Å². The first-order valence-electron chi connectivity index (χ1n) is 10.7. The number of aryl methyl sites for hydroxylation is 5. The van der Waals surface area contributed by atoms with E-state index in [1.807, 2.05) is 52.1 Å². The highest BCUT2D eigenvalue weighted by atomic mass is 16.5. The number of nitrogens with one attached hydrogen (secondary N) is 1. The maximum absolute atomic E-state index is 12.2. The number of carbonyl (C=O) groups is 1. The minimum absolute atomic E-state index is 0.0868. The first-order valence-corrected chi connectivity index (χ1v) is 10.7. The van der Waals surface area contributed by atoms with Gasteiger partial charge in [-0.25, -0.2) is 4.68 Å². The number of rotatable bonds is 7. The first kappa shape index (κ1) is 21.6. The molecule has 4 aromatic rings. The smallest absolute Gasteiger partial charge is 0.258 e. The Morgan fingerprint density at radius 1 is 1.12 bits per heavy atom. The largest absolute Gasteiger partial charge is 0.468 e. The summed E-state index contributed by atoms with van der Waals surface area (Å²) in [7, 11) is 1.85. The molecule has 1 aromatic carbocycles. The fourth-order valence-corrected chi connectivity index (χ4v) is 3.95. The molecule has 1 N–H and O–H groups in total. The van der Waals surface area contributed by atoms with Gasteiger partial charge in [-0.1, -0.05) is 24.3 Å². The Kier molecular flexibility index (Phi) is 5.99. The van der Waals surface area contributed by atoms with Crippen LogP contribution in [-0.4, -0.2) is 33.8 Å². The Labute approximate surface area is 187 Å². The molecule has 0 aliphatic heterocycles. The van der Waals surface area contributed by atoms with E-state index in [0.29, 0.717) is 18.1 Å². The molecule has 3 aromatic heterocycles. The Balaban J connectivity index is 1.44. The Hall–Kier alpha value is -3.61. The van der Waals surface area contributed by atoms with Crippen LogP contribution in [0.1, 0.15) is 28.2 Å². The summed E-state index contributed by atoms with van der Waals surface area (Å²) in [6, 6.07) is 12.0. The summed E-state index contributed by atoms with van der Waals surface area (Å²) in [5, 5.41) is 8.52. The standard InChI is InChI=1S/C25H28N4O3/c1-15-8-6-7-9-19(15)10-11-26-21(30)14-31-22-12-16(2)23-24(28-29(5)25(23)27-22)20-13-17(3)32-18(20)4/h6-9,12-13H,10-11,14H2,1-5H3,(H,26,30). The zero-order valence-electron chi connectivity index (χ0n) is 19.2. The van der Waals surface area contributed by atoms with E-state index < -0.39 is 0 Å². The highest BCUT2D eigenvalue weighted by Gasteiger charge is 2.19. The Bertz CT molecular complexity index is 1290. The zero-order chi connectivity index (χ0) is 22.8. The van der Waals surface area contributed by atoms with Gasteiger partial charge in [0.15, 0.2) is 12.3 Å². The van der Waals surface area contributed by atoms with Gasteiger partial charge in [-0.3, -0.25) is 4.79 Å². The SMILES string of the molecule is Cc1cc(-c2nn(C)c3nc(OCC(=O)NCCc4ccccc4C)cc(C)c23)c(C)o1. The lowest BCUT2D eigenvalue weighted by molar-refractivity contribution is -0.123. The van der Waals surface area contributed by atoms with Crippen molar-refractivity contribution in [1.82, 2.24) is 20.1 Å². The van der Waals surface area contributed by atoms with Gasteiger partial charge in [-0.2, -0.15) is 10.1 Å². The normalized spacial score (nSPS) is 11.2. The number of amides is 1. The minimum Gasteiger partial charge on any atom is -0.468 e. The van der Waals surface area contributed by atoms with E-state index in [0.717, 1.165) is 40.1 Å². The molecular formula is C25H28N4O3. The van der Waals surface area contributed by atoms with Gasteiger partial charge in [0.2, 0.25) is 5.88 Å². The van der Waals surface area contributed by atoms with Gasteiger partial charge in [0.25, 0.3) is 5.91 Å². The van der Waals surface area contributed by atoms with Gasteiger partial charge in [0.05, 0.1) is 5.39 Å². The number of pyridine rings is 1. The van der Waals surface area contributed by atoms with Crippen LogP contribution < -0.4 is 10.1 Å². The number of ether oxygens (including phenoxy) is 1. The van der Waals surface area contributed by atoms with E-state index in [1.54, 1.807) is 4.68 Å². The summed E-state index contributed by atoms with van der Waals surface area (Å²) in [5.74, 6) is 1.90. The maximum Gasteiger partial charge on any atom is 0.258 e. The van der Waals surface area contributed by atoms with Gasteiger partial charge in [-0.15, -0.1) is 0 Å². The molecule has 0 radical (unpaired) electrons. The Morgan fingerprint density at radius 2 is 1.91 bits per heavy atom. The van der Waals surface area contributed by atoms with Gasteiger partial charge < -0.3 is 14.5 Å². The predicted molar refractivity (Wildman–Crippen MR) is 124 cm³/mol. The van der Waals surface area contributed by atoms with Crippen molar-refractivity contribution in [3.8, 4) is 17.1 Å². The van der Waals surface area contributed by atoms with Crippen molar-refractivity contribution >= 4 is 16.9 Å². The van der Waals surface area contributed by atoms with Crippen molar-refractivity contribution in [2.45, 2.75) is 34.1 Å². The maximum atomic E-state index is 12.2. The molecule has 3 heterocycles. The summed E-state index contributed by atoms with van der Waals surface area (Å²) in [5.41, 5.74) is 5.93. The molecule has 7 nitrogen and oxygen atoms in total. The van der Waals surface area contributed by atoms with E-state index in [4.69, 9.17) is 9.15 Å². The number of hydrogen-bond acceptors (Lipinski definition) is 5. The third kappa shape index (κ3) is 4.37. The molecule has 32 heavy (non-hydrogen) atoms. The number of hydrogen-bond donors (Lipinski definition) is 1. The van der Waals surface area contributed by atoms with Crippen molar-refractivity contribution in [1.29, 1.82) is 0 Å². The third-order valence-corrected chi connectivity index (χ3v) is 5.59. The second-order valence-electron chi connectivity index (χ2n) is 8.09. The fourth-order valence-electron chi connectivity index (χ4n) is 3.95. The molecule has 0 saturated carbocycles. The van der Waals surface area contributed by atoms with E-state index in [-0.39, 0.29) is 12.5 Å². The summed E-state index contributed by atoms with van der Waals surface area (Å²) < 4.78 is 13.1. The van der Waals surface area contributed by atoms with Crippen LogP contribution in [0.15, 0.2) is 40.8 Å². The monoisotopic (exact) mass is 432 g/mol. The first-order chi connectivity index (χ1) is 15.3. The summed E-state index contributed by atoms with van der Waals surface area (Å²) >= 11 is 0. The van der Waals surface area contributed by atoms with E-state index in [2.05, 4.69) is 34.5 Å². The van der Waals surface area contributed by atoms with Crippen molar-refractivity contribution in [2.24, 2.45) is 7.05 Å². The average Bonchev–Trinajstić information content (AvgIpc) is 3.26. The zero-order valence-corrected chi connectivity index (χ0v) is 19.2. The van der Waals surface area contributed by atoms with E-state index in [9.17, 15) is 4.79 Å². The molecule has 4 rings (SSSR count). The fraction of sp³-hybridized carbons (Fsp3) is 0.320. The van der Waals surface area contributed by atoms with Crippen LogP contribution >= 0.6 is 0 Å². The van der Waals surface area contributed by atoms with Crippen molar-refractivity contribution in [3.63, 3.8) is 0 Å². The minimum atomic E-state index is -0.173. The summed E-state index contributed by atoms with van der Waals surface area (Å²) in [6.07, 6.45) is 0.784. The molecule has 1 amide bonds. The van der Waals surface area contributed by atoms with Gasteiger partial charge in [0.1, 0.15) is 17.2 Å². The number of aromatic nitrogens is 3. The van der Waals surface area contributed by atoms with Gasteiger partial charge in [-0.05, 0) is 56.9 Å². The third-order valence-electron chi connectivity index (χ3n) is 5.59. The second-order valence-corrected chi connectivity index (χ2v) is 8.09. The van der Waals surface area contributed by atoms with Crippen molar-refractivity contribution in [3.05, 3.63) is 64.6 Å². The molecule has 7 heteroatoms. The van der Waals surface area contributed by atoms with Crippen LogP contribution in [0.4, 0.5) is 0 Å². The molecule has 0 unspecified atom stereocenters. The van der Waals surface area contributed by atoms with Crippen molar-refractivity contribution < 1.29 is 13.9 Å². The highest BCUT2D eigenvalue weighted by Crippen LogP contribution is 2.34. The molecule has 0 spiro atoms. The summed E-state index contributed by atoms with van der Waals surface area (Å²) in [4.78, 5) is 16.8. The lowest BCUT2D eigenvalue weighted by atomic mass is 10.1. The second kappa shape index (κ2) is 8.86. The summed E-state index contributed by atoms with van der Waals surface area (Å²) in [6.45, 7) is 8.39. The quantitative estimate of drug-likeness (QED) is 0.473. The van der Waals surface area contributed by atoms with Gasteiger partial charge >= 0.3 is 0 Å². The van der Waals surface area contributed by atoms with Crippen LogP contribution in [0.25, 0.3) is 22.3 Å².